The number of hydrogen-bond acceptors (Lipinski definition) is 3. The fourth-order valence-corrected chi connectivity index (χ4v) is 4.94. The average Bonchev–Trinajstić information content (AvgIpc) is 3.08. The summed E-state index contributed by atoms with van der Waals surface area (Å²) in [4.78, 5) is 17.3. The Bertz CT molecular complexity index is 759. The first-order valence-electron chi connectivity index (χ1n) is 9.63. The third-order valence-electron chi connectivity index (χ3n) is 6.29. The SMILES string of the molecule is Cc1occc1C(=O)N1CCC2(CC1)CC(c1ccccc1)CN(C)C2. The molecule has 0 bridgehead atoms. The standard InChI is InChI=1S/C22H28N2O2/c1-17-20(8-13-26-17)21(25)24-11-9-22(10-12-24)14-19(15-23(2)16-22)18-6-4-3-5-7-18/h3-8,13,19H,9-12,14-16H2,1-2H3. The van der Waals surface area contributed by atoms with Crippen LogP contribution in [-0.4, -0.2) is 48.9 Å². The molecule has 1 atom stereocenters. The van der Waals surface area contributed by atoms with Gasteiger partial charge in [-0.25, -0.2) is 0 Å². The van der Waals surface area contributed by atoms with Crippen molar-refractivity contribution in [1.82, 2.24) is 9.80 Å². The number of hydrogen-bond donors (Lipinski definition) is 0. The van der Waals surface area contributed by atoms with Gasteiger partial charge in [0, 0.05) is 26.2 Å². The number of rotatable bonds is 2. The molecule has 138 valence electrons. The Balaban J connectivity index is 1.45. The molecule has 4 rings (SSSR count). The lowest BCUT2D eigenvalue weighted by atomic mass is 9.68. The average molecular weight is 352 g/mol. The number of aryl methyl sites for hydroxylation is 1. The second kappa shape index (κ2) is 6.92. The molecule has 1 aromatic carbocycles. The lowest BCUT2D eigenvalue weighted by Crippen LogP contribution is -2.51. The lowest BCUT2D eigenvalue weighted by molar-refractivity contribution is 0.0224. The third-order valence-corrected chi connectivity index (χ3v) is 6.29. The number of likely N-dealkylation sites (N-methyl/N-ethyl adjacent to an activating group) is 1. The van der Waals surface area contributed by atoms with Gasteiger partial charge in [-0.3, -0.25) is 4.79 Å². The predicted octanol–water partition coefficient (Wildman–Crippen LogP) is 3.93. The van der Waals surface area contributed by atoms with Crippen molar-refractivity contribution in [3.63, 3.8) is 0 Å². The minimum atomic E-state index is 0.120. The van der Waals surface area contributed by atoms with E-state index in [0.29, 0.717) is 16.9 Å². The molecule has 1 spiro atoms. The number of benzene rings is 1. The van der Waals surface area contributed by atoms with Crippen LogP contribution >= 0.6 is 0 Å². The number of nitrogens with zero attached hydrogens (tertiary/aromatic N) is 2. The van der Waals surface area contributed by atoms with E-state index in [0.717, 1.165) is 44.8 Å². The fourth-order valence-electron chi connectivity index (χ4n) is 4.94. The normalized spacial score (nSPS) is 23.3. The van der Waals surface area contributed by atoms with Gasteiger partial charge in [-0.1, -0.05) is 30.3 Å². The Morgan fingerprint density at radius 1 is 1.15 bits per heavy atom. The van der Waals surface area contributed by atoms with Gasteiger partial charge in [-0.15, -0.1) is 0 Å². The minimum absolute atomic E-state index is 0.120. The highest BCUT2D eigenvalue weighted by Gasteiger charge is 2.42. The molecule has 0 aliphatic carbocycles. The first kappa shape index (κ1) is 17.3. The molecule has 4 heteroatoms. The van der Waals surface area contributed by atoms with Crippen LogP contribution in [0.25, 0.3) is 0 Å². The van der Waals surface area contributed by atoms with Crippen LogP contribution in [0, 0.1) is 12.3 Å². The van der Waals surface area contributed by atoms with Crippen molar-refractivity contribution >= 4 is 5.91 Å². The lowest BCUT2D eigenvalue weighted by Gasteiger charge is -2.49. The van der Waals surface area contributed by atoms with E-state index in [1.165, 1.54) is 12.0 Å². The van der Waals surface area contributed by atoms with Gasteiger partial charge in [0.15, 0.2) is 0 Å². The molecule has 1 amide bonds. The zero-order valence-electron chi connectivity index (χ0n) is 15.8. The summed E-state index contributed by atoms with van der Waals surface area (Å²) >= 11 is 0. The summed E-state index contributed by atoms with van der Waals surface area (Å²) in [5, 5.41) is 0. The summed E-state index contributed by atoms with van der Waals surface area (Å²) < 4.78 is 5.31. The summed E-state index contributed by atoms with van der Waals surface area (Å²) in [5.74, 6) is 1.43. The molecule has 26 heavy (non-hydrogen) atoms. The predicted molar refractivity (Wildman–Crippen MR) is 102 cm³/mol. The fraction of sp³-hybridized carbons (Fsp3) is 0.500. The molecular weight excluding hydrogens is 324 g/mol. The first-order valence-corrected chi connectivity index (χ1v) is 9.63. The Morgan fingerprint density at radius 3 is 2.54 bits per heavy atom. The Morgan fingerprint density at radius 2 is 1.88 bits per heavy atom. The van der Waals surface area contributed by atoms with Crippen molar-refractivity contribution in [2.75, 3.05) is 33.2 Å². The van der Waals surface area contributed by atoms with E-state index < -0.39 is 0 Å². The van der Waals surface area contributed by atoms with E-state index in [-0.39, 0.29) is 5.91 Å². The molecule has 2 aliphatic heterocycles. The molecule has 2 aliphatic rings. The highest BCUT2D eigenvalue weighted by molar-refractivity contribution is 5.95. The highest BCUT2D eigenvalue weighted by Crippen LogP contribution is 2.44. The van der Waals surface area contributed by atoms with E-state index in [1.54, 1.807) is 12.3 Å². The second-order valence-corrected chi connectivity index (χ2v) is 8.19. The van der Waals surface area contributed by atoms with Crippen molar-refractivity contribution in [3.05, 3.63) is 59.5 Å². The monoisotopic (exact) mass is 352 g/mol. The Kier molecular flexibility index (Phi) is 4.62. The van der Waals surface area contributed by atoms with Crippen LogP contribution in [0.3, 0.4) is 0 Å². The maximum Gasteiger partial charge on any atom is 0.257 e. The van der Waals surface area contributed by atoms with Crippen LogP contribution in [0.2, 0.25) is 0 Å². The number of carbonyl (C=O) groups excluding carboxylic acids is 1. The van der Waals surface area contributed by atoms with Crippen molar-refractivity contribution < 1.29 is 9.21 Å². The van der Waals surface area contributed by atoms with E-state index in [9.17, 15) is 4.79 Å². The second-order valence-electron chi connectivity index (χ2n) is 8.19. The van der Waals surface area contributed by atoms with E-state index in [2.05, 4.69) is 42.3 Å². The van der Waals surface area contributed by atoms with E-state index in [4.69, 9.17) is 4.42 Å². The molecule has 0 saturated carbocycles. The molecule has 0 radical (unpaired) electrons. The van der Waals surface area contributed by atoms with Crippen LogP contribution in [0.4, 0.5) is 0 Å². The van der Waals surface area contributed by atoms with Gasteiger partial charge >= 0.3 is 0 Å². The third kappa shape index (κ3) is 3.30. The van der Waals surface area contributed by atoms with Gasteiger partial charge in [0.1, 0.15) is 5.76 Å². The number of furan rings is 1. The molecule has 4 nitrogen and oxygen atoms in total. The molecule has 2 saturated heterocycles. The maximum absolute atomic E-state index is 12.8. The highest BCUT2D eigenvalue weighted by atomic mass is 16.3. The zero-order chi connectivity index (χ0) is 18.1. The molecule has 1 aromatic heterocycles. The summed E-state index contributed by atoms with van der Waals surface area (Å²) in [7, 11) is 2.24. The summed E-state index contributed by atoms with van der Waals surface area (Å²) in [6.45, 7) is 5.82. The number of piperidine rings is 2. The maximum atomic E-state index is 12.8. The summed E-state index contributed by atoms with van der Waals surface area (Å²) in [6.07, 6.45) is 5.01. The number of carbonyl (C=O) groups is 1. The zero-order valence-corrected chi connectivity index (χ0v) is 15.8. The van der Waals surface area contributed by atoms with Crippen LogP contribution < -0.4 is 0 Å². The molecule has 1 unspecified atom stereocenters. The van der Waals surface area contributed by atoms with Crippen molar-refractivity contribution in [2.45, 2.75) is 32.1 Å². The van der Waals surface area contributed by atoms with Gasteiger partial charge in [0.2, 0.25) is 0 Å². The van der Waals surface area contributed by atoms with Crippen molar-refractivity contribution in [1.29, 1.82) is 0 Å². The molecule has 2 fully saturated rings. The molecule has 2 aromatic rings. The quantitative estimate of drug-likeness (QED) is 0.822. The van der Waals surface area contributed by atoms with Crippen molar-refractivity contribution in [2.24, 2.45) is 5.41 Å². The summed E-state index contributed by atoms with van der Waals surface area (Å²) in [5.41, 5.74) is 2.49. The van der Waals surface area contributed by atoms with Crippen LogP contribution in [0.1, 0.15) is 46.9 Å². The molecular formula is C22H28N2O2. The smallest absolute Gasteiger partial charge is 0.257 e. The van der Waals surface area contributed by atoms with Gasteiger partial charge in [-0.05, 0) is 56.2 Å². The van der Waals surface area contributed by atoms with Crippen molar-refractivity contribution in [3.8, 4) is 0 Å². The van der Waals surface area contributed by atoms with Crippen LogP contribution in [0.15, 0.2) is 47.1 Å². The van der Waals surface area contributed by atoms with E-state index in [1.807, 2.05) is 11.8 Å². The molecule has 3 heterocycles. The first-order chi connectivity index (χ1) is 12.6. The Hall–Kier alpha value is -2.07. The number of likely N-dealkylation sites (tertiary alicyclic amines) is 2. The largest absolute Gasteiger partial charge is 0.469 e. The number of amides is 1. The van der Waals surface area contributed by atoms with Crippen LogP contribution in [-0.2, 0) is 0 Å². The van der Waals surface area contributed by atoms with E-state index >= 15 is 0 Å². The van der Waals surface area contributed by atoms with Gasteiger partial charge in [-0.2, -0.15) is 0 Å². The topological polar surface area (TPSA) is 36.7 Å². The molecule has 0 N–H and O–H groups in total. The van der Waals surface area contributed by atoms with Gasteiger partial charge in [0.25, 0.3) is 5.91 Å². The Labute approximate surface area is 155 Å². The van der Waals surface area contributed by atoms with Crippen LogP contribution in [0.5, 0.6) is 0 Å². The minimum Gasteiger partial charge on any atom is -0.469 e. The summed E-state index contributed by atoms with van der Waals surface area (Å²) in [6, 6.07) is 12.7. The van der Waals surface area contributed by atoms with Gasteiger partial charge in [0.05, 0.1) is 11.8 Å². The van der Waals surface area contributed by atoms with Gasteiger partial charge < -0.3 is 14.2 Å².